The van der Waals surface area contributed by atoms with Crippen LogP contribution in [0.2, 0.25) is 0 Å². The second kappa shape index (κ2) is 2.51. The quantitative estimate of drug-likeness (QED) is 0.568. The minimum atomic E-state index is -0.463. The average molecular weight is 143 g/mol. The molecule has 2 N–H and O–H groups in total. The molecule has 0 bridgehead atoms. The minimum absolute atomic E-state index is 0.463. The fourth-order valence-electron chi connectivity index (χ4n) is 1.44. The van der Waals surface area contributed by atoms with Gasteiger partial charge in [-0.2, -0.15) is 0 Å². The van der Waals surface area contributed by atoms with Crippen LogP contribution in [0.15, 0.2) is 0 Å². The van der Waals surface area contributed by atoms with E-state index in [0.29, 0.717) is 12.0 Å². The van der Waals surface area contributed by atoms with Crippen LogP contribution in [0.1, 0.15) is 27.2 Å². The average Bonchev–Trinajstić information content (AvgIpc) is 2.10. The summed E-state index contributed by atoms with van der Waals surface area (Å²) < 4.78 is 0. The van der Waals surface area contributed by atoms with Gasteiger partial charge in [0, 0.05) is 12.6 Å². The first-order chi connectivity index (χ1) is 4.51. The lowest BCUT2D eigenvalue weighted by Crippen LogP contribution is -2.27. The van der Waals surface area contributed by atoms with Crippen LogP contribution in [0.25, 0.3) is 0 Å². The number of nitrogens with one attached hydrogen (secondary N) is 1. The third-order valence-corrected chi connectivity index (χ3v) is 2.21. The molecule has 0 amide bonds. The molecule has 0 saturated carbocycles. The van der Waals surface area contributed by atoms with E-state index in [4.69, 9.17) is 0 Å². The summed E-state index contributed by atoms with van der Waals surface area (Å²) in [5.41, 5.74) is -0.463. The molecular formula is C8H17NO. The van der Waals surface area contributed by atoms with Gasteiger partial charge in [-0.15, -0.1) is 0 Å². The molecule has 0 radical (unpaired) electrons. The summed E-state index contributed by atoms with van der Waals surface area (Å²) >= 11 is 0. The molecule has 1 fully saturated rings. The summed E-state index contributed by atoms with van der Waals surface area (Å²) in [4.78, 5) is 0. The van der Waals surface area contributed by atoms with E-state index in [1.807, 2.05) is 6.92 Å². The molecule has 1 rings (SSSR count). The summed E-state index contributed by atoms with van der Waals surface area (Å²) in [5.74, 6) is 0.633. The van der Waals surface area contributed by atoms with Crippen molar-refractivity contribution in [2.45, 2.75) is 38.8 Å². The molecular weight excluding hydrogens is 126 g/mol. The molecule has 10 heavy (non-hydrogen) atoms. The summed E-state index contributed by atoms with van der Waals surface area (Å²) in [6.45, 7) is 7.00. The Morgan fingerprint density at radius 1 is 1.60 bits per heavy atom. The maximum absolute atomic E-state index is 9.55. The molecule has 0 aromatic rings. The van der Waals surface area contributed by atoms with Crippen molar-refractivity contribution >= 4 is 0 Å². The van der Waals surface area contributed by atoms with Crippen LogP contribution >= 0.6 is 0 Å². The highest BCUT2D eigenvalue weighted by Crippen LogP contribution is 2.22. The van der Waals surface area contributed by atoms with Gasteiger partial charge in [0.25, 0.3) is 0 Å². The Kier molecular flexibility index (Phi) is 2.02. The molecule has 0 spiro atoms. The van der Waals surface area contributed by atoms with Gasteiger partial charge in [-0.3, -0.25) is 0 Å². The van der Waals surface area contributed by atoms with Gasteiger partial charge in [0.2, 0.25) is 0 Å². The third kappa shape index (κ3) is 1.70. The summed E-state index contributed by atoms with van der Waals surface area (Å²) in [6, 6.07) is 0.509. The number of hydrogen-bond acceptors (Lipinski definition) is 2. The Labute approximate surface area is 62.6 Å². The van der Waals surface area contributed by atoms with Crippen LogP contribution in [0.3, 0.4) is 0 Å². The predicted octanol–water partition coefficient (Wildman–Crippen LogP) is 0.755. The molecule has 2 atom stereocenters. The molecule has 1 aliphatic heterocycles. The van der Waals surface area contributed by atoms with E-state index < -0.39 is 5.60 Å². The highest BCUT2D eigenvalue weighted by atomic mass is 16.3. The van der Waals surface area contributed by atoms with Crippen molar-refractivity contribution in [3.05, 3.63) is 0 Å². The van der Waals surface area contributed by atoms with Crippen LogP contribution in [0.4, 0.5) is 0 Å². The molecule has 1 saturated heterocycles. The van der Waals surface area contributed by atoms with Gasteiger partial charge in [-0.25, -0.2) is 0 Å². The maximum Gasteiger partial charge on any atom is 0.0758 e. The first-order valence-electron chi connectivity index (χ1n) is 3.97. The Balaban J connectivity index is 2.43. The van der Waals surface area contributed by atoms with E-state index >= 15 is 0 Å². The molecule has 60 valence electrons. The fraction of sp³-hybridized carbons (Fsp3) is 1.00. The van der Waals surface area contributed by atoms with Crippen LogP contribution in [-0.2, 0) is 0 Å². The van der Waals surface area contributed by atoms with E-state index in [-0.39, 0.29) is 0 Å². The second-order valence-corrected chi connectivity index (χ2v) is 3.93. The van der Waals surface area contributed by atoms with Crippen molar-refractivity contribution in [1.82, 2.24) is 5.32 Å². The molecule has 1 aliphatic rings. The first-order valence-corrected chi connectivity index (χ1v) is 3.97. The van der Waals surface area contributed by atoms with Gasteiger partial charge in [0.05, 0.1) is 5.60 Å². The van der Waals surface area contributed by atoms with E-state index in [1.54, 1.807) is 0 Å². The van der Waals surface area contributed by atoms with Gasteiger partial charge < -0.3 is 10.4 Å². The lowest BCUT2D eigenvalue weighted by Gasteiger charge is -2.16. The molecule has 0 aromatic heterocycles. The molecule has 2 heteroatoms. The maximum atomic E-state index is 9.55. The first kappa shape index (κ1) is 8.02. The molecule has 0 unspecified atom stereocenters. The Hall–Kier alpha value is -0.0800. The highest BCUT2D eigenvalue weighted by Gasteiger charge is 2.33. The Bertz CT molecular complexity index is 120. The minimum Gasteiger partial charge on any atom is -0.389 e. The van der Waals surface area contributed by atoms with Crippen molar-refractivity contribution in [3.63, 3.8) is 0 Å². The number of hydrogen-bond donors (Lipinski definition) is 2. The van der Waals surface area contributed by atoms with Gasteiger partial charge >= 0.3 is 0 Å². The van der Waals surface area contributed by atoms with E-state index in [2.05, 4.69) is 19.2 Å². The summed E-state index contributed by atoms with van der Waals surface area (Å²) in [7, 11) is 0. The Morgan fingerprint density at radius 2 is 2.20 bits per heavy atom. The fourth-order valence-corrected chi connectivity index (χ4v) is 1.44. The molecule has 0 aromatic carbocycles. The zero-order valence-corrected chi connectivity index (χ0v) is 7.02. The van der Waals surface area contributed by atoms with E-state index in [0.717, 1.165) is 13.0 Å². The van der Waals surface area contributed by atoms with Crippen LogP contribution < -0.4 is 5.32 Å². The van der Waals surface area contributed by atoms with Gasteiger partial charge in [0.1, 0.15) is 0 Å². The highest BCUT2D eigenvalue weighted by molar-refractivity contribution is 4.91. The molecule has 0 aliphatic carbocycles. The van der Waals surface area contributed by atoms with Gasteiger partial charge in [-0.05, 0) is 19.3 Å². The lowest BCUT2D eigenvalue weighted by molar-refractivity contribution is 0.0776. The zero-order chi connectivity index (χ0) is 7.78. The predicted molar refractivity (Wildman–Crippen MR) is 41.9 cm³/mol. The molecule has 1 heterocycles. The molecule has 2 nitrogen and oxygen atoms in total. The third-order valence-electron chi connectivity index (χ3n) is 2.21. The lowest BCUT2D eigenvalue weighted by atomic mass is 9.96. The SMILES string of the molecule is CC(C)[C@H]1C[C@@](C)(O)CN1. The summed E-state index contributed by atoms with van der Waals surface area (Å²) in [5, 5.41) is 12.8. The van der Waals surface area contributed by atoms with Crippen LogP contribution in [0.5, 0.6) is 0 Å². The van der Waals surface area contributed by atoms with Crippen molar-refractivity contribution in [2.75, 3.05) is 6.54 Å². The van der Waals surface area contributed by atoms with E-state index in [1.165, 1.54) is 0 Å². The number of rotatable bonds is 1. The van der Waals surface area contributed by atoms with Crippen molar-refractivity contribution in [3.8, 4) is 0 Å². The second-order valence-electron chi connectivity index (χ2n) is 3.93. The van der Waals surface area contributed by atoms with Gasteiger partial charge in [-0.1, -0.05) is 13.8 Å². The van der Waals surface area contributed by atoms with Gasteiger partial charge in [0.15, 0.2) is 0 Å². The largest absolute Gasteiger partial charge is 0.389 e. The zero-order valence-electron chi connectivity index (χ0n) is 7.02. The normalized spacial score (nSPS) is 41.1. The van der Waals surface area contributed by atoms with Crippen LogP contribution in [-0.4, -0.2) is 23.3 Å². The smallest absolute Gasteiger partial charge is 0.0758 e. The van der Waals surface area contributed by atoms with E-state index in [9.17, 15) is 5.11 Å². The monoisotopic (exact) mass is 143 g/mol. The van der Waals surface area contributed by atoms with Crippen LogP contribution in [0, 0.1) is 5.92 Å². The van der Waals surface area contributed by atoms with Crippen molar-refractivity contribution in [2.24, 2.45) is 5.92 Å². The number of β-amino-alcohol motifs (C(OH)–C–C–N with tert-alkyl or cyclic N) is 1. The number of aliphatic hydroxyl groups is 1. The van der Waals surface area contributed by atoms with Crippen molar-refractivity contribution < 1.29 is 5.11 Å². The summed E-state index contributed by atoms with van der Waals surface area (Å²) in [6.07, 6.45) is 0.894. The Morgan fingerprint density at radius 3 is 2.40 bits per heavy atom. The topological polar surface area (TPSA) is 32.3 Å². The standard InChI is InChI=1S/C8H17NO/c1-6(2)7-4-8(3,10)5-9-7/h6-7,9-10H,4-5H2,1-3H3/t7-,8-/m1/s1. The van der Waals surface area contributed by atoms with Crippen molar-refractivity contribution in [1.29, 1.82) is 0 Å².